The van der Waals surface area contributed by atoms with Crippen LogP contribution in [0.5, 0.6) is 0 Å². The normalized spacial score (nSPS) is 17.3. The van der Waals surface area contributed by atoms with Crippen molar-refractivity contribution in [2.75, 3.05) is 29.6 Å². The van der Waals surface area contributed by atoms with Crippen LogP contribution in [0.25, 0.3) is 11.1 Å². The Morgan fingerprint density at radius 1 is 1.11 bits per heavy atom. The van der Waals surface area contributed by atoms with Gasteiger partial charge in [0.1, 0.15) is 5.82 Å². The monoisotopic (exact) mass is 498 g/mol. The van der Waals surface area contributed by atoms with E-state index in [0.29, 0.717) is 40.5 Å². The van der Waals surface area contributed by atoms with Crippen molar-refractivity contribution in [3.63, 3.8) is 0 Å². The van der Waals surface area contributed by atoms with Crippen LogP contribution in [0.2, 0.25) is 0 Å². The molecule has 0 bridgehead atoms. The van der Waals surface area contributed by atoms with Crippen LogP contribution in [0, 0.1) is 11.7 Å². The summed E-state index contributed by atoms with van der Waals surface area (Å²) in [6, 6.07) is 15.9. The molecule has 1 amide bonds. The highest BCUT2D eigenvalue weighted by Gasteiger charge is 2.33. The first-order valence-electron chi connectivity index (χ1n) is 11.4. The van der Waals surface area contributed by atoms with E-state index in [0.717, 1.165) is 11.1 Å². The average molecular weight is 499 g/mol. The van der Waals surface area contributed by atoms with Gasteiger partial charge in [0.05, 0.1) is 15.3 Å². The number of alkyl halides is 2. The van der Waals surface area contributed by atoms with Gasteiger partial charge in [-0.15, -0.1) is 0 Å². The molecule has 1 atom stereocenters. The molecule has 2 aromatic carbocycles. The number of anilines is 2. The lowest BCUT2D eigenvalue weighted by atomic mass is 9.97. The lowest BCUT2D eigenvalue weighted by Gasteiger charge is -2.26. The third kappa shape index (κ3) is 5.67. The van der Waals surface area contributed by atoms with Gasteiger partial charge in [-0.3, -0.25) is 4.79 Å². The number of nitrogens with one attached hydrogen (secondary N) is 2. The lowest BCUT2D eigenvalue weighted by molar-refractivity contribution is -0.0102. The van der Waals surface area contributed by atoms with E-state index < -0.39 is 21.6 Å². The number of rotatable bonds is 5. The molecule has 2 heterocycles. The molecule has 0 spiro atoms. The quantitative estimate of drug-likeness (QED) is 0.454. The topological polar surface area (TPSA) is 86.2 Å². The Morgan fingerprint density at radius 3 is 2.57 bits per heavy atom. The number of pyridine rings is 1. The van der Waals surface area contributed by atoms with Crippen LogP contribution in [0.4, 0.5) is 20.3 Å². The van der Waals surface area contributed by atoms with Gasteiger partial charge in [0.25, 0.3) is 5.91 Å². The molecule has 0 aliphatic carbocycles. The molecule has 1 aliphatic heterocycles. The summed E-state index contributed by atoms with van der Waals surface area (Å²) in [5, 5.41) is 2.84. The first kappa shape index (κ1) is 24.8. The van der Waals surface area contributed by atoms with Crippen molar-refractivity contribution in [1.29, 1.82) is 4.78 Å². The minimum absolute atomic E-state index is 0.0939. The van der Waals surface area contributed by atoms with E-state index in [-0.39, 0.29) is 19.4 Å². The number of halogens is 2. The smallest absolute Gasteiger partial charge is 0.259 e. The van der Waals surface area contributed by atoms with Crippen LogP contribution in [0.3, 0.4) is 0 Å². The Labute approximate surface area is 204 Å². The van der Waals surface area contributed by atoms with E-state index in [1.165, 1.54) is 12.3 Å². The van der Waals surface area contributed by atoms with E-state index in [2.05, 4.69) is 10.3 Å². The zero-order chi connectivity index (χ0) is 25.2. The highest BCUT2D eigenvalue weighted by atomic mass is 32.2. The Morgan fingerprint density at radius 2 is 1.86 bits per heavy atom. The lowest BCUT2D eigenvalue weighted by Crippen LogP contribution is -2.30. The van der Waals surface area contributed by atoms with Crippen molar-refractivity contribution in [2.45, 2.75) is 37.0 Å². The first-order chi connectivity index (χ1) is 16.5. The molecule has 35 heavy (non-hydrogen) atoms. The molecule has 2 N–H and O–H groups in total. The van der Waals surface area contributed by atoms with Gasteiger partial charge in [0.2, 0.25) is 5.92 Å². The zero-order valence-electron chi connectivity index (χ0n) is 19.7. The summed E-state index contributed by atoms with van der Waals surface area (Å²) in [6.45, 7) is 2.30. The first-order valence-corrected chi connectivity index (χ1v) is 13.3. The number of benzene rings is 2. The van der Waals surface area contributed by atoms with Crippen LogP contribution in [-0.4, -0.2) is 40.4 Å². The summed E-state index contributed by atoms with van der Waals surface area (Å²) in [5.41, 5.74) is 3.06. The van der Waals surface area contributed by atoms with Gasteiger partial charge >= 0.3 is 0 Å². The van der Waals surface area contributed by atoms with Crippen molar-refractivity contribution in [2.24, 2.45) is 0 Å². The number of carbonyl (C=O) groups is 1. The van der Waals surface area contributed by atoms with Crippen LogP contribution < -0.4 is 10.2 Å². The maximum Gasteiger partial charge on any atom is 0.259 e. The van der Waals surface area contributed by atoms with E-state index in [1.54, 1.807) is 29.3 Å². The summed E-state index contributed by atoms with van der Waals surface area (Å²) < 4.78 is 48.1. The number of nitrogens with zero attached hydrogens (tertiary/aromatic N) is 2. The fourth-order valence-electron chi connectivity index (χ4n) is 4.30. The minimum Gasteiger partial charge on any atom is -0.356 e. The van der Waals surface area contributed by atoms with Gasteiger partial charge in [-0.1, -0.05) is 36.4 Å². The number of carbonyl (C=O) groups excluding carboxylic acids is 1. The summed E-state index contributed by atoms with van der Waals surface area (Å²) >= 11 is 0. The summed E-state index contributed by atoms with van der Waals surface area (Å²) in [5.74, 6) is -2.81. The van der Waals surface area contributed by atoms with Gasteiger partial charge in [-0.05, 0) is 42.7 Å². The van der Waals surface area contributed by atoms with E-state index in [1.807, 2.05) is 37.3 Å². The van der Waals surface area contributed by atoms with E-state index >= 15 is 0 Å². The molecule has 4 rings (SSSR count). The van der Waals surface area contributed by atoms with Gasteiger partial charge in [0, 0.05) is 54.5 Å². The summed E-state index contributed by atoms with van der Waals surface area (Å²) in [7, 11) is -2.96. The molecular formula is C26H28F2N4O2S. The van der Waals surface area contributed by atoms with Crippen molar-refractivity contribution in [3.05, 3.63) is 71.9 Å². The van der Waals surface area contributed by atoms with E-state index in [4.69, 9.17) is 4.78 Å². The van der Waals surface area contributed by atoms with Crippen LogP contribution in [-0.2, 0) is 9.73 Å². The second kappa shape index (κ2) is 9.73. The van der Waals surface area contributed by atoms with Gasteiger partial charge in [-0.25, -0.2) is 22.8 Å². The summed E-state index contributed by atoms with van der Waals surface area (Å²) in [4.78, 5) is 20.3. The Kier molecular flexibility index (Phi) is 6.89. The number of hydrogen-bond acceptors (Lipinski definition) is 5. The molecule has 0 unspecified atom stereocenters. The Bertz CT molecular complexity index is 1340. The molecule has 3 aromatic rings. The number of amides is 1. The average Bonchev–Trinajstić information content (AvgIpc) is 2.99. The molecule has 0 saturated carbocycles. The van der Waals surface area contributed by atoms with Crippen molar-refractivity contribution in [3.8, 4) is 11.1 Å². The molecular weight excluding hydrogens is 470 g/mol. The Hall–Kier alpha value is -3.33. The molecule has 1 saturated heterocycles. The highest BCUT2D eigenvalue weighted by molar-refractivity contribution is 7.91. The Balaban J connectivity index is 1.77. The highest BCUT2D eigenvalue weighted by Crippen LogP contribution is 2.34. The standard InChI is InChI=1S/C26H28F2N4O2S/c1-18-22(19-8-4-3-5-9-19)17-30-24(32-14-7-12-26(27,28)13-15-32)23(18)25(33)31-20-10-6-11-21(16-20)35(2,29)34/h3-6,8-11,16-17,29H,7,12-15H2,1-2H3,(H,31,33)/t35-/m0/s1. The maximum absolute atomic E-state index is 14.0. The molecule has 6 nitrogen and oxygen atoms in total. The molecule has 9 heteroatoms. The van der Waals surface area contributed by atoms with Crippen molar-refractivity contribution >= 4 is 27.1 Å². The van der Waals surface area contributed by atoms with Crippen molar-refractivity contribution < 1.29 is 17.8 Å². The predicted octanol–water partition coefficient (Wildman–Crippen LogP) is 5.97. The minimum atomic E-state index is -2.96. The van der Waals surface area contributed by atoms with Crippen molar-refractivity contribution in [1.82, 2.24) is 4.98 Å². The molecule has 1 fully saturated rings. The second-order valence-corrected chi connectivity index (χ2v) is 11.0. The second-order valence-electron chi connectivity index (χ2n) is 8.88. The summed E-state index contributed by atoms with van der Waals surface area (Å²) in [6.07, 6.45) is 2.81. The SMILES string of the molecule is Cc1c(-c2ccccc2)cnc(N2CCCC(F)(F)CC2)c1C(=O)Nc1cccc([S@@](C)(=N)=O)c1. The van der Waals surface area contributed by atoms with Gasteiger partial charge in [-0.2, -0.15) is 0 Å². The molecule has 184 valence electrons. The fraction of sp³-hybridized carbons (Fsp3) is 0.308. The largest absolute Gasteiger partial charge is 0.356 e. The van der Waals surface area contributed by atoms with Crippen LogP contribution >= 0.6 is 0 Å². The number of aromatic nitrogens is 1. The maximum atomic E-state index is 14.0. The number of hydrogen-bond donors (Lipinski definition) is 2. The predicted molar refractivity (Wildman–Crippen MR) is 135 cm³/mol. The fourth-order valence-corrected chi connectivity index (χ4v) is 4.99. The van der Waals surface area contributed by atoms with Gasteiger partial charge in [0.15, 0.2) is 0 Å². The zero-order valence-corrected chi connectivity index (χ0v) is 20.5. The third-order valence-electron chi connectivity index (χ3n) is 6.19. The van der Waals surface area contributed by atoms with Crippen LogP contribution in [0.15, 0.2) is 65.7 Å². The van der Waals surface area contributed by atoms with E-state index in [9.17, 15) is 17.8 Å². The molecule has 1 aliphatic rings. The van der Waals surface area contributed by atoms with Crippen LogP contribution in [0.1, 0.15) is 35.2 Å². The molecule has 0 radical (unpaired) electrons. The van der Waals surface area contributed by atoms with Gasteiger partial charge < -0.3 is 10.2 Å². The molecule has 1 aromatic heterocycles. The third-order valence-corrected chi connectivity index (χ3v) is 7.34.